The Bertz CT molecular complexity index is 402. The van der Waals surface area contributed by atoms with Crippen molar-refractivity contribution >= 4 is 24.0 Å². The van der Waals surface area contributed by atoms with E-state index in [1.807, 2.05) is 31.2 Å². The quantitative estimate of drug-likeness (QED) is 0.844. The molecule has 19 heavy (non-hydrogen) atoms. The Morgan fingerprint density at radius 1 is 1.42 bits per heavy atom. The summed E-state index contributed by atoms with van der Waals surface area (Å²) >= 11 is 0. The van der Waals surface area contributed by atoms with Crippen LogP contribution in [0.1, 0.15) is 26.2 Å². The summed E-state index contributed by atoms with van der Waals surface area (Å²) in [5, 5.41) is 2.80. The van der Waals surface area contributed by atoms with Crippen molar-refractivity contribution in [1.82, 2.24) is 0 Å². The molecule has 1 aromatic rings. The molecule has 0 spiro atoms. The first-order chi connectivity index (χ1) is 8.63. The highest BCUT2D eigenvalue weighted by Gasteiger charge is 2.21. The predicted octanol–water partition coefficient (Wildman–Crippen LogP) is 2.57. The number of ether oxygens (including phenoxy) is 1. The number of benzene rings is 1. The van der Waals surface area contributed by atoms with E-state index < -0.39 is 0 Å². The third-order valence-electron chi connectivity index (χ3n) is 2.83. The van der Waals surface area contributed by atoms with Crippen LogP contribution in [0.5, 0.6) is 5.75 Å². The molecule has 1 aliphatic rings. The van der Waals surface area contributed by atoms with Crippen LogP contribution in [0.15, 0.2) is 24.3 Å². The number of nitrogens with one attached hydrogen (secondary N) is 1. The second-order valence-corrected chi connectivity index (χ2v) is 5.01. The molecule has 1 unspecified atom stereocenters. The van der Waals surface area contributed by atoms with Crippen LogP contribution in [-0.2, 0) is 4.79 Å². The lowest BCUT2D eigenvalue weighted by molar-refractivity contribution is -0.116. The predicted molar refractivity (Wildman–Crippen MR) is 78.8 cm³/mol. The molecule has 0 saturated heterocycles. The lowest BCUT2D eigenvalue weighted by Gasteiger charge is -2.09. The maximum absolute atomic E-state index is 11.5. The zero-order valence-electron chi connectivity index (χ0n) is 11.1. The van der Waals surface area contributed by atoms with Crippen LogP contribution >= 0.6 is 12.4 Å². The highest BCUT2D eigenvalue weighted by molar-refractivity contribution is 5.91. The minimum Gasteiger partial charge on any atom is -0.493 e. The molecule has 4 nitrogen and oxygen atoms in total. The molecule has 0 heterocycles. The summed E-state index contributed by atoms with van der Waals surface area (Å²) in [6.07, 6.45) is 2.90. The standard InChI is InChI=1S/C14H20N2O2.ClH/c1-10(15)8-14(17)16-12-4-6-13(7-5-12)18-9-11-2-3-11;/h4-7,10-11H,2-3,8-9,15H2,1H3,(H,16,17);1H. The molecule has 0 bridgehead atoms. The first-order valence-corrected chi connectivity index (χ1v) is 6.42. The van der Waals surface area contributed by atoms with Crippen LogP contribution in [0.4, 0.5) is 5.69 Å². The van der Waals surface area contributed by atoms with Crippen molar-refractivity contribution in [2.45, 2.75) is 32.2 Å². The van der Waals surface area contributed by atoms with Crippen molar-refractivity contribution in [3.8, 4) is 5.75 Å². The smallest absolute Gasteiger partial charge is 0.225 e. The fourth-order valence-corrected chi connectivity index (χ4v) is 1.64. The largest absolute Gasteiger partial charge is 0.493 e. The molecule has 3 N–H and O–H groups in total. The van der Waals surface area contributed by atoms with Crippen molar-refractivity contribution in [2.24, 2.45) is 11.7 Å². The fourth-order valence-electron chi connectivity index (χ4n) is 1.64. The van der Waals surface area contributed by atoms with E-state index in [2.05, 4.69) is 5.32 Å². The molecule has 2 rings (SSSR count). The second-order valence-electron chi connectivity index (χ2n) is 5.01. The van der Waals surface area contributed by atoms with Gasteiger partial charge in [0.2, 0.25) is 5.91 Å². The Balaban J connectivity index is 0.00000180. The topological polar surface area (TPSA) is 64.4 Å². The van der Waals surface area contributed by atoms with E-state index in [0.29, 0.717) is 6.42 Å². The van der Waals surface area contributed by atoms with Gasteiger partial charge in [0.05, 0.1) is 6.61 Å². The van der Waals surface area contributed by atoms with Gasteiger partial charge < -0.3 is 15.8 Å². The van der Waals surface area contributed by atoms with Crippen LogP contribution in [0.25, 0.3) is 0 Å². The van der Waals surface area contributed by atoms with Gasteiger partial charge in [0.25, 0.3) is 0 Å². The molecule has 1 atom stereocenters. The number of hydrogen-bond acceptors (Lipinski definition) is 3. The number of nitrogens with two attached hydrogens (primary N) is 1. The summed E-state index contributed by atoms with van der Waals surface area (Å²) < 4.78 is 5.62. The molecule has 106 valence electrons. The Morgan fingerprint density at radius 3 is 2.58 bits per heavy atom. The van der Waals surface area contributed by atoms with Gasteiger partial charge in [-0.25, -0.2) is 0 Å². The average molecular weight is 285 g/mol. The summed E-state index contributed by atoms with van der Waals surface area (Å²) in [6.45, 7) is 2.62. The van der Waals surface area contributed by atoms with Crippen molar-refractivity contribution < 1.29 is 9.53 Å². The van der Waals surface area contributed by atoms with Crippen LogP contribution in [0.2, 0.25) is 0 Å². The normalized spacial score (nSPS) is 15.3. The molecule has 0 aliphatic heterocycles. The first kappa shape index (κ1) is 15.8. The minimum atomic E-state index is -0.119. The maximum Gasteiger partial charge on any atom is 0.225 e. The minimum absolute atomic E-state index is 0. The summed E-state index contributed by atoms with van der Waals surface area (Å²) in [5.74, 6) is 1.54. The molecular formula is C14H21ClN2O2. The zero-order valence-corrected chi connectivity index (χ0v) is 11.9. The van der Waals surface area contributed by atoms with Gasteiger partial charge in [0.1, 0.15) is 5.75 Å². The third-order valence-corrected chi connectivity index (χ3v) is 2.83. The fraction of sp³-hybridized carbons (Fsp3) is 0.500. The number of amides is 1. The van der Waals surface area contributed by atoms with Crippen LogP contribution in [-0.4, -0.2) is 18.6 Å². The van der Waals surface area contributed by atoms with Gasteiger partial charge >= 0.3 is 0 Å². The molecular weight excluding hydrogens is 264 g/mol. The Labute approximate surface area is 120 Å². The van der Waals surface area contributed by atoms with E-state index >= 15 is 0 Å². The second kappa shape index (κ2) is 7.36. The van der Waals surface area contributed by atoms with Crippen LogP contribution in [0, 0.1) is 5.92 Å². The Kier molecular flexibility index (Phi) is 6.12. The van der Waals surface area contributed by atoms with Crippen LogP contribution in [0.3, 0.4) is 0 Å². The summed E-state index contributed by atoms with van der Waals surface area (Å²) in [7, 11) is 0. The van der Waals surface area contributed by atoms with Gasteiger partial charge in [-0.05, 0) is 49.9 Å². The van der Waals surface area contributed by atoms with Crippen molar-refractivity contribution in [2.75, 3.05) is 11.9 Å². The number of anilines is 1. The Hall–Kier alpha value is -1.26. The molecule has 1 fully saturated rings. The number of rotatable bonds is 6. The van der Waals surface area contributed by atoms with Gasteiger partial charge in [0, 0.05) is 18.2 Å². The van der Waals surface area contributed by atoms with Gasteiger partial charge in [-0.3, -0.25) is 4.79 Å². The van der Waals surface area contributed by atoms with E-state index in [4.69, 9.17) is 10.5 Å². The van der Waals surface area contributed by atoms with Crippen LogP contribution < -0.4 is 15.8 Å². The number of carbonyl (C=O) groups excluding carboxylic acids is 1. The maximum atomic E-state index is 11.5. The first-order valence-electron chi connectivity index (χ1n) is 6.42. The van der Waals surface area contributed by atoms with Gasteiger partial charge in [-0.15, -0.1) is 12.4 Å². The van der Waals surface area contributed by atoms with Gasteiger partial charge in [-0.2, -0.15) is 0 Å². The monoisotopic (exact) mass is 284 g/mol. The van der Waals surface area contributed by atoms with Crippen molar-refractivity contribution in [1.29, 1.82) is 0 Å². The highest BCUT2D eigenvalue weighted by Crippen LogP contribution is 2.29. The van der Waals surface area contributed by atoms with E-state index in [0.717, 1.165) is 24.0 Å². The van der Waals surface area contributed by atoms with Gasteiger partial charge in [-0.1, -0.05) is 0 Å². The zero-order chi connectivity index (χ0) is 13.0. The van der Waals surface area contributed by atoms with E-state index in [1.165, 1.54) is 12.8 Å². The van der Waals surface area contributed by atoms with E-state index in [9.17, 15) is 4.79 Å². The average Bonchev–Trinajstić information content (AvgIpc) is 3.11. The highest BCUT2D eigenvalue weighted by atomic mass is 35.5. The number of carbonyl (C=O) groups is 1. The van der Waals surface area contributed by atoms with Crippen molar-refractivity contribution in [3.05, 3.63) is 24.3 Å². The Morgan fingerprint density at radius 2 is 2.05 bits per heavy atom. The van der Waals surface area contributed by atoms with Crippen molar-refractivity contribution in [3.63, 3.8) is 0 Å². The summed E-state index contributed by atoms with van der Waals surface area (Å²) in [6, 6.07) is 7.34. The lowest BCUT2D eigenvalue weighted by Crippen LogP contribution is -2.23. The molecule has 5 heteroatoms. The number of hydrogen-bond donors (Lipinski definition) is 2. The summed E-state index contributed by atoms with van der Waals surface area (Å²) in [4.78, 5) is 11.5. The number of halogens is 1. The van der Waals surface area contributed by atoms with Gasteiger partial charge in [0.15, 0.2) is 0 Å². The van der Waals surface area contributed by atoms with E-state index in [1.54, 1.807) is 0 Å². The molecule has 0 aromatic heterocycles. The molecule has 1 aromatic carbocycles. The van der Waals surface area contributed by atoms with E-state index in [-0.39, 0.29) is 24.4 Å². The molecule has 1 amide bonds. The summed E-state index contributed by atoms with van der Waals surface area (Å²) in [5.41, 5.74) is 6.34. The molecule has 1 saturated carbocycles. The third kappa shape index (κ3) is 5.94. The molecule has 0 radical (unpaired) electrons. The lowest BCUT2D eigenvalue weighted by atomic mass is 10.2. The molecule has 1 aliphatic carbocycles. The SMILES string of the molecule is CC(N)CC(=O)Nc1ccc(OCC2CC2)cc1.Cl.